The number of carbonyl (C=O) groups excluding carboxylic acids is 3. The second-order valence-corrected chi connectivity index (χ2v) is 12.0. The van der Waals surface area contributed by atoms with Gasteiger partial charge in [-0.3, -0.25) is 14.5 Å². The van der Waals surface area contributed by atoms with Crippen LogP contribution in [-0.4, -0.2) is 84.1 Å². The molecule has 3 aromatic rings. The Morgan fingerprint density at radius 1 is 0.930 bits per heavy atom. The molecule has 2 N–H and O–H groups in total. The summed E-state index contributed by atoms with van der Waals surface area (Å²) >= 11 is 0. The fraction of sp³-hybridized carbons (Fsp3) is 0.424. The highest BCUT2D eigenvalue weighted by atomic mass is 16.5. The van der Waals surface area contributed by atoms with E-state index in [1.54, 1.807) is 31.0 Å². The van der Waals surface area contributed by atoms with E-state index in [0.717, 1.165) is 43.7 Å². The molecule has 2 aromatic carbocycles. The summed E-state index contributed by atoms with van der Waals surface area (Å²) in [5, 5.41) is 5.99. The monoisotopic (exact) mass is 584 g/mol. The zero-order valence-corrected chi connectivity index (χ0v) is 25.1. The summed E-state index contributed by atoms with van der Waals surface area (Å²) in [7, 11) is 5.18. The van der Waals surface area contributed by atoms with Gasteiger partial charge in [-0.2, -0.15) is 0 Å². The third-order valence-corrected chi connectivity index (χ3v) is 9.18. The molecule has 3 aliphatic rings. The van der Waals surface area contributed by atoms with Crippen LogP contribution in [0.3, 0.4) is 0 Å². The van der Waals surface area contributed by atoms with E-state index in [1.807, 2.05) is 42.5 Å². The third-order valence-electron chi connectivity index (χ3n) is 9.18. The number of hydrogen-bond donors (Lipinski definition) is 2. The number of nitrogens with zero attached hydrogens (tertiary/aromatic N) is 4. The van der Waals surface area contributed by atoms with Gasteiger partial charge in [-0.25, -0.2) is 4.79 Å². The van der Waals surface area contributed by atoms with Gasteiger partial charge in [-0.05, 0) is 66.8 Å². The lowest BCUT2D eigenvalue weighted by molar-refractivity contribution is -0.0217. The lowest BCUT2D eigenvalue weighted by Crippen LogP contribution is -2.56. The number of likely N-dealkylation sites (tertiary alicyclic amines) is 1. The average molecular weight is 585 g/mol. The van der Waals surface area contributed by atoms with Gasteiger partial charge in [-0.15, -0.1) is 0 Å². The minimum Gasteiger partial charge on any atom is -0.378 e. The standard InChI is InChI=1S/C33H40N6O4/c1-36(2)31(41)25-9-5-24(6-10-25)20-38-17-18-39-28(13-14-29(39)33(38)15-4-16-33)30(40)34-19-23-7-11-26(12-8-23)35-32(42)37-21-27(22-37)43-3/h5-14,27H,4,15-22H2,1-3H3,(H,34,40)(H,35,42). The van der Waals surface area contributed by atoms with Crippen LogP contribution in [0, 0.1) is 0 Å². The van der Waals surface area contributed by atoms with Gasteiger partial charge in [0, 0.05) is 64.3 Å². The molecule has 0 unspecified atom stereocenters. The molecule has 4 amide bonds. The molecule has 226 valence electrons. The van der Waals surface area contributed by atoms with Crippen LogP contribution >= 0.6 is 0 Å². The first-order valence-electron chi connectivity index (χ1n) is 15.0. The molecule has 10 nitrogen and oxygen atoms in total. The summed E-state index contributed by atoms with van der Waals surface area (Å²) in [6.07, 6.45) is 3.43. The number of benzene rings is 2. The first kappa shape index (κ1) is 28.9. The molecule has 0 radical (unpaired) electrons. The van der Waals surface area contributed by atoms with Crippen LogP contribution in [0.1, 0.15) is 56.9 Å². The summed E-state index contributed by atoms with van der Waals surface area (Å²) < 4.78 is 7.43. The van der Waals surface area contributed by atoms with Gasteiger partial charge in [0.15, 0.2) is 0 Å². The molecular weight excluding hydrogens is 544 g/mol. The summed E-state index contributed by atoms with van der Waals surface area (Å²) in [6.45, 7) is 4.02. The molecule has 10 heteroatoms. The van der Waals surface area contributed by atoms with Crippen molar-refractivity contribution in [2.75, 3.05) is 46.2 Å². The zero-order chi connectivity index (χ0) is 30.1. The largest absolute Gasteiger partial charge is 0.378 e. The highest BCUT2D eigenvalue weighted by molar-refractivity contribution is 5.94. The summed E-state index contributed by atoms with van der Waals surface area (Å²) in [4.78, 5) is 43.8. The molecular formula is C33H40N6O4. The third kappa shape index (κ3) is 5.64. The SMILES string of the molecule is COC1CN(C(=O)Nc2ccc(CNC(=O)c3ccc4n3CCN(Cc3ccc(C(=O)N(C)C)cc3)C43CCC3)cc2)C1. The minimum atomic E-state index is -0.135. The Bertz CT molecular complexity index is 1490. The molecule has 0 bridgehead atoms. The highest BCUT2D eigenvalue weighted by Crippen LogP contribution is 2.49. The van der Waals surface area contributed by atoms with Crippen LogP contribution in [0.4, 0.5) is 10.5 Å². The van der Waals surface area contributed by atoms with E-state index in [1.165, 1.54) is 17.7 Å². The molecule has 1 spiro atoms. The van der Waals surface area contributed by atoms with Crippen molar-refractivity contribution in [1.82, 2.24) is 24.6 Å². The number of methoxy groups -OCH3 is 1. The maximum absolute atomic E-state index is 13.3. The van der Waals surface area contributed by atoms with Crippen molar-refractivity contribution in [3.8, 4) is 0 Å². The van der Waals surface area contributed by atoms with Crippen molar-refractivity contribution in [1.29, 1.82) is 0 Å². The number of nitrogens with one attached hydrogen (secondary N) is 2. The van der Waals surface area contributed by atoms with Crippen molar-refractivity contribution < 1.29 is 19.1 Å². The van der Waals surface area contributed by atoms with E-state index in [9.17, 15) is 14.4 Å². The number of amides is 4. The van der Waals surface area contributed by atoms with E-state index in [2.05, 4.69) is 38.3 Å². The van der Waals surface area contributed by atoms with Crippen molar-refractivity contribution in [2.45, 2.75) is 50.5 Å². The molecule has 3 heterocycles. The van der Waals surface area contributed by atoms with Crippen LogP contribution in [0.15, 0.2) is 60.7 Å². The molecule has 1 aliphatic carbocycles. The van der Waals surface area contributed by atoms with Crippen molar-refractivity contribution >= 4 is 23.5 Å². The Morgan fingerprint density at radius 2 is 1.63 bits per heavy atom. The number of carbonyl (C=O) groups is 3. The predicted molar refractivity (Wildman–Crippen MR) is 164 cm³/mol. The van der Waals surface area contributed by atoms with E-state index in [4.69, 9.17) is 4.74 Å². The number of urea groups is 1. The van der Waals surface area contributed by atoms with Crippen LogP contribution < -0.4 is 10.6 Å². The van der Waals surface area contributed by atoms with Crippen LogP contribution in [0.5, 0.6) is 0 Å². The van der Waals surface area contributed by atoms with Gasteiger partial charge in [0.05, 0.1) is 24.7 Å². The van der Waals surface area contributed by atoms with Gasteiger partial charge < -0.3 is 29.7 Å². The van der Waals surface area contributed by atoms with Crippen molar-refractivity contribution in [3.63, 3.8) is 0 Å². The topological polar surface area (TPSA) is 99.1 Å². The maximum atomic E-state index is 13.3. The van der Waals surface area contributed by atoms with E-state index in [0.29, 0.717) is 30.9 Å². The lowest BCUT2D eigenvalue weighted by Gasteiger charge is -2.53. The minimum absolute atomic E-state index is 0.00744. The van der Waals surface area contributed by atoms with Gasteiger partial charge in [0.1, 0.15) is 5.69 Å². The summed E-state index contributed by atoms with van der Waals surface area (Å²) in [6, 6.07) is 19.4. The first-order chi connectivity index (χ1) is 20.8. The van der Waals surface area contributed by atoms with Gasteiger partial charge in [-0.1, -0.05) is 24.3 Å². The number of ether oxygens (including phenoxy) is 1. The number of hydrogen-bond acceptors (Lipinski definition) is 5. The quantitative estimate of drug-likeness (QED) is 0.419. The summed E-state index contributed by atoms with van der Waals surface area (Å²) in [5.41, 5.74) is 5.41. The Balaban J connectivity index is 1.06. The van der Waals surface area contributed by atoms with Crippen molar-refractivity contribution in [2.24, 2.45) is 0 Å². The molecule has 1 aromatic heterocycles. The second kappa shape index (κ2) is 11.9. The normalized spacial score (nSPS) is 17.5. The molecule has 1 saturated carbocycles. The van der Waals surface area contributed by atoms with Crippen LogP contribution in [-0.2, 0) is 29.9 Å². The Hall–Kier alpha value is -4.15. The second-order valence-electron chi connectivity index (χ2n) is 12.0. The highest BCUT2D eigenvalue weighted by Gasteiger charge is 2.48. The maximum Gasteiger partial charge on any atom is 0.322 e. The summed E-state index contributed by atoms with van der Waals surface area (Å²) in [5.74, 6) is -0.0776. The van der Waals surface area contributed by atoms with Gasteiger partial charge >= 0.3 is 6.03 Å². The number of fused-ring (bicyclic) bond motifs is 2. The zero-order valence-electron chi connectivity index (χ0n) is 25.1. The first-order valence-corrected chi connectivity index (χ1v) is 15.0. The fourth-order valence-corrected chi connectivity index (χ4v) is 6.39. The number of aromatic nitrogens is 1. The van der Waals surface area contributed by atoms with Gasteiger partial charge in [0.25, 0.3) is 11.8 Å². The Labute approximate surface area is 252 Å². The lowest BCUT2D eigenvalue weighted by atomic mass is 9.71. The molecule has 2 aliphatic heterocycles. The Kier molecular flexibility index (Phi) is 7.98. The number of rotatable bonds is 8. The predicted octanol–water partition coefficient (Wildman–Crippen LogP) is 3.88. The van der Waals surface area contributed by atoms with E-state index >= 15 is 0 Å². The smallest absolute Gasteiger partial charge is 0.322 e. The molecule has 0 atom stereocenters. The molecule has 43 heavy (non-hydrogen) atoms. The van der Waals surface area contributed by atoms with Crippen LogP contribution in [0.2, 0.25) is 0 Å². The molecule has 2 fully saturated rings. The molecule has 6 rings (SSSR count). The fourth-order valence-electron chi connectivity index (χ4n) is 6.39. The number of anilines is 1. The van der Waals surface area contributed by atoms with Gasteiger partial charge in [0.2, 0.25) is 0 Å². The van der Waals surface area contributed by atoms with E-state index < -0.39 is 0 Å². The Morgan fingerprint density at radius 3 is 2.26 bits per heavy atom. The van der Waals surface area contributed by atoms with E-state index in [-0.39, 0.29) is 29.5 Å². The molecule has 1 saturated heterocycles. The van der Waals surface area contributed by atoms with Crippen LogP contribution in [0.25, 0.3) is 0 Å². The average Bonchev–Trinajstić information content (AvgIpc) is 3.40. The van der Waals surface area contributed by atoms with Crippen molar-refractivity contribution in [3.05, 3.63) is 88.7 Å².